The van der Waals surface area contributed by atoms with E-state index in [1.807, 2.05) is 0 Å². The third kappa shape index (κ3) is 3.87. The zero-order chi connectivity index (χ0) is 15.5. The zero-order valence-corrected chi connectivity index (χ0v) is 11.4. The predicted molar refractivity (Wildman–Crippen MR) is 70.8 cm³/mol. The second-order valence-corrected chi connectivity index (χ2v) is 4.63. The molecule has 1 amide bonds. The van der Waals surface area contributed by atoms with Crippen LogP contribution in [0, 0.1) is 0 Å². The van der Waals surface area contributed by atoms with Crippen molar-refractivity contribution in [3.63, 3.8) is 0 Å². The van der Waals surface area contributed by atoms with Crippen LogP contribution in [0.2, 0.25) is 0 Å². The fourth-order valence-electron chi connectivity index (χ4n) is 1.86. The Morgan fingerprint density at radius 3 is 2.38 bits per heavy atom. The highest BCUT2D eigenvalue weighted by Crippen LogP contribution is 2.29. The monoisotopic (exact) mass is 297 g/mol. The summed E-state index contributed by atoms with van der Waals surface area (Å²) in [6.07, 6.45) is -2.30. The van der Waals surface area contributed by atoms with Crippen LogP contribution >= 0.6 is 0 Å². The molecule has 21 heavy (non-hydrogen) atoms. The first-order valence-corrected chi connectivity index (χ1v) is 6.33. The first kappa shape index (κ1) is 15.2. The highest BCUT2D eigenvalue weighted by atomic mass is 19.4. The molecule has 0 bridgehead atoms. The van der Waals surface area contributed by atoms with Crippen LogP contribution in [0.5, 0.6) is 0 Å². The van der Waals surface area contributed by atoms with E-state index in [4.69, 9.17) is 4.42 Å². The molecule has 0 saturated carbocycles. The van der Waals surface area contributed by atoms with Crippen molar-refractivity contribution < 1.29 is 22.4 Å². The summed E-state index contributed by atoms with van der Waals surface area (Å²) < 4.78 is 42.5. The molecule has 0 unspecified atom stereocenters. The molecule has 6 heteroatoms. The Morgan fingerprint density at radius 2 is 1.86 bits per heavy atom. The van der Waals surface area contributed by atoms with E-state index >= 15 is 0 Å². The maximum Gasteiger partial charge on any atom is 0.416 e. The normalized spacial score (nSPS) is 11.4. The minimum atomic E-state index is -4.40. The van der Waals surface area contributed by atoms with Gasteiger partial charge in [-0.2, -0.15) is 13.2 Å². The average molecular weight is 297 g/mol. The quantitative estimate of drug-likeness (QED) is 0.863. The highest BCUT2D eigenvalue weighted by Gasteiger charge is 2.30. The van der Waals surface area contributed by atoms with E-state index in [2.05, 4.69) is 0 Å². The molecule has 1 aromatic heterocycles. The lowest BCUT2D eigenvalue weighted by Crippen LogP contribution is -2.28. The predicted octanol–water partition coefficient (Wildman–Crippen LogP) is 3.61. The van der Waals surface area contributed by atoms with Gasteiger partial charge in [0.1, 0.15) is 5.76 Å². The molecule has 0 aliphatic carbocycles. The molecule has 0 spiro atoms. The van der Waals surface area contributed by atoms with Crippen molar-refractivity contribution in [1.29, 1.82) is 0 Å². The van der Waals surface area contributed by atoms with Crippen LogP contribution in [-0.4, -0.2) is 24.4 Å². The van der Waals surface area contributed by atoms with E-state index < -0.39 is 11.7 Å². The smallest absolute Gasteiger partial charge is 0.416 e. The Kier molecular flexibility index (Phi) is 4.35. The van der Waals surface area contributed by atoms with Gasteiger partial charge in [-0.05, 0) is 36.4 Å². The Morgan fingerprint density at radius 1 is 1.19 bits per heavy atom. The number of benzene rings is 1. The number of carbonyl (C=O) groups is 1. The number of hydrogen-bond acceptors (Lipinski definition) is 2. The second kappa shape index (κ2) is 6.03. The van der Waals surface area contributed by atoms with Crippen molar-refractivity contribution in [2.75, 3.05) is 13.6 Å². The Balaban J connectivity index is 1.98. The fraction of sp³-hybridized carbons (Fsp3) is 0.267. The van der Waals surface area contributed by atoms with Gasteiger partial charge in [0.05, 0.1) is 11.8 Å². The van der Waals surface area contributed by atoms with E-state index in [0.717, 1.165) is 17.9 Å². The number of halogens is 3. The minimum Gasteiger partial charge on any atom is -0.469 e. The third-order valence-electron chi connectivity index (χ3n) is 3.08. The number of hydrogen-bond donors (Lipinski definition) is 0. The van der Waals surface area contributed by atoms with E-state index in [9.17, 15) is 18.0 Å². The van der Waals surface area contributed by atoms with Crippen LogP contribution in [0.1, 0.15) is 21.7 Å². The van der Waals surface area contributed by atoms with Crippen LogP contribution in [0.25, 0.3) is 0 Å². The van der Waals surface area contributed by atoms with Gasteiger partial charge in [-0.25, -0.2) is 0 Å². The lowest BCUT2D eigenvalue weighted by Gasteiger charge is -2.17. The number of alkyl halides is 3. The van der Waals surface area contributed by atoms with Gasteiger partial charge >= 0.3 is 6.18 Å². The van der Waals surface area contributed by atoms with Gasteiger partial charge in [-0.15, -0.1) is 0 Å². The molecule has 0 aliphatic heterocycles. The largest absolute Gasteiger partial charge is 0.469 e. The van der Waals surface area contributed by atoms with Gasteiger partial charge in [0.15, 0.2) is 0 Å². The average Bonchev–Trinajstić information content (AvgIpc) is 2.96. The number of nitrogens with zero attached hydrogens (tertiary/aromatic N) is 1. The van der Waals surface area contributed by atoms with Gasteiger partial charge in [0.25, 0.3) is 5.91 Å². The first-order chi connectivity index (χ1) is 9.88. The summed E-state index contributed by atoms with van der Waals surface area (Å²) in [4.78, 5) is 13.5. The fourth-order valence-corrected chi connectivity index (χ4v) is 1.86. The molecule has 0 atom stereocenters. The molecular formula is C15H14F3NO2. The summed E-state index contributed by atoms with van der Waals surface area (Å²) in [5.74, 6) is 0.428. The summed E-state index contributed by atoms with van der Waals surface area (Å²) in [5, 5.41) is 0. The van der Waals surface area contributed by atoms with Crippen molar-refractivity contribution in [3.05, 3.63) is 59.5 Å². The van der Waals surface area contributed by atoms with E-state index in [1.54, 1.807) is 25.4 Å². The molecule has 2 rings (SSSR count). The third-order valence-corrected chi connectivity index (χ3v) is 3.08. The van der Waals surface area contributed by atoms with Crippen molar-refractivity contribution in [3.8, 4) is 0 Å². The van der Waals surface area contributed by atoms with E-state index in [-0.39, 0.29) is 11.5 Å². The molecule has 0 fully saturated rings. The SMILES string of the molecule is CN(CCc1ccco1)C(=O)c1ccc(C(F)(F)F)cc1. The minimum absolute atomic E-state index is 0.227. The zero-order valence-electron chi connectivity index (χ0n) is 11.4. The molecule has 2 aromatic rings. The van der Waals surface area contributed by atoms with Crippen LogP contribution in [0.4, 0.5) is 13.2 Å². The molecule has 0 N–H and O–H groups in total. The topological polar surface area (TPSA) is 33.5 Å². The highest BCUT2D eigenvalue weighted by molar-refractivity contribution is 5.94. The van der Waals surface area contributed by atoms with Gasteiger partial charge < -0.3 is 9.32 Å². The number of furan rings is 1. The van der Waals surface area contributed by atoms with Crippen molar-refractivity contribution in [2.24, 2.45) is 0 Å². The second-order valence-electron chi connectivity index (χ2n) is 4.63. The van der Waals surface area contributed by atoms with E-state index in [1.165, 1.54) is 17.0 Å². The standard InChI is InChI=1S/C15H14F3NO2/c1-19(9-8-13-3-2-10-21-13)14(20)11-4-6-12(7-5-11)15(16,17)18/h2-7,10H,8-9H2,1H3. The molecular weight excluding hydrogens is 283 g/mol. The lowest BCUT2D eigenvalue weighted by atomic mass is 10.1. The lowest BCUT2D eigenvalue weighted by molar-refractivity contribution is -0.137. The van der Waals surface area contributed by atoms with Crippen LogP contribution in [0.15, 0.2) is 47.1 Å². The first-order valence-electron chi connectivity index (χ1n) is 6.33. The Hall–Kier alpha value is -2.24. The number of carbonyl (C=O) groups excluding carboxylic acids is 1. The number of amides is 1. The van der Waals surface area contributed by atoms with Crippen LogP contribution in [0.3, 0.4) is 0 Å². The summed E-state index contributed by atoms with van der Waals surface area (Å²) in [7, 11) is 1.60. The number of likely N-dealkylation sites (N-methyl/N-ethyl adjacent to an activating group) is 1. The number of rotatable bonds is 4. The van der Waals surface area contributed by atoms with E-state index in [0.29, 0.717) is 13.0 Å². The molecule has 3 nitrogen and oxygen atoms in total. The Bertz CT molecular complexity index is 588. The summed E-state index contributed by atoms with van der Waals surface area (Å²) in [6, 6.07) is 7.76. The molecule has 0 aliphatic rings. The van der Waals surface area contributed by atoms with Gasteiger partial charge in [0, 0.05) is 25.6 Å². The molecule has 0 radical (unpaired) electrons. The summed E-state index contributed by atoms with van der Waals surface area (Å²) in [6.45, 7) is 0.424. The van der Waals surface area contributed by atoms with Gasteiger partial charge in [-0.3, -0.25) is 4.79 Å². The molecule has 1 aromatic carbocycles. The van der Waals surface area contributed by atoms with Crippen molar-refractivity contribution in [2.45, 2.75) is 12.6 Å². The van der Waals surface area contributed by atoms with Crippen LogP contribution < -0.4 is 0 Å². The van der Waals surface area contributed by atoms with Gasteiger partial charge in [0.2, 0.25) is 0 Å². The maximum absolute atomic E-state index is 12.5. The Labute approximate surface area is 120 Å². The van der Waals surface area contributed by atoms with Crippen LogP contribution in [-0.2, 0) is 12.6 Å². The molecule has 1 heterocycles. The molecule has 0 saturated heterocycles. The van der Waals surface area contributed by atoms with Crippen molar-refractivity contribution >= 4 is 5.91 Å². The maximum atomic E-state index is 12.5. The summed E-state index contributed by atoms with van der Waals surface area (Å²) in [5.41, 5.74) is -0.540. The van der Waals surface area contributed by atoms with Crippen molar-refractivity contribution in [1.82, 2.24) is 4.90 Å². The summed E-state index contributed by atoms with van der Waals surface area (Å²) >= 11 is 0. The van der Waals surface area contributed by atoms with Gasteiger partial charge in [-0.1, -0.05) is 0 Å². The molecule has 112 valence electrons.